The van der Waals surface area contributed by atoms with E-state index in [0.29, 0.717) is 19.1 Å². The third-order valence-corrected chi connectivity index (χ3v) is 3.19. The normalized spacial score (nSPS) is 10.7. The molecule has 21 heavy (non-hydrogen) atoms. The zero-order chi connectivity index (χ0) is 15.2. The number of ether oxygens (including phenoxy) is 1. The summed E-state index contributed by atoms with van der Waals surface area (Å²) in [6.07, 6.45) is 0. The van der Waals surface area contributed by atoms with Crippen molar-refractivity contribution < 1.29 is 9.13 Å². The summed E-state index contributed by atoms with van der Waals surface area (Å²) in [6, 6.07) is 12.5. The Balaban J connectivity index is 1.96. The van der Waals surface area contributed by atoms with E-state index in [2.05, 4.69) is 19.2 Å². The molecule has 0 aliphatic carbocycles. The van der Waals surface area contributed by atoms with E-state index >= 15 is 0 Å². The Morgan fingerprint density at radius 1 is 1.19 bits per heavy atom. The van der Waals surface area contributed by atoms with E-state index in [1.807, 2.05) is 24.3 Å². The van der Waals surface area contributed by atoms with Gasteiger partial charge in [0.25, 0.3) is 0 Å². The maximum Gasteiger partial charge on any atom is 0.141 e. The van der Waals surface area contributed by atoms with Gasteiger partial charge >= 0.3 is 0 Å². The zero-order valence-corrected chi connectivity index (χ0v) is 13.0. The fourth-order valence-electron chi connectivity index (χ4n) is 1.81. The molecule has 0 unspecified atom stereocenters. The molecule has 112 valence electrons. The molecule has 0 aliphatic heterocycles. The Bertz CT molecular complexity index is 601. The van der Waals surface area contributed by atoms with Crippen LogP contribution in [-0.2, 0) is 6.54 Å². The number of nitrogens with one attached hydrogen (secondary N) is 1. The van der Waals surface area contributed by atoms with Crippen LogP contribution in [0.4, 0.5) is 10.1 Å². The van der Waals surface area contributed by atoms with Gasteiger partial charge in [-0.25, -0.2) is 4.39 Å². The molecule has 0 fully saturated rings. The van der Waals surface area contributed by atoms with Crippen LogP contribution in [0, 0.1) is 11.7 Å². The molecular weight excluding hydrogens is 289 g/mol. The highest BCUT2D eigenvalue weighted by Crippen LogP contribution is 2.20. The molecule has 2 aromatic rings. The second-order valence-electron chi connectivity index (χ2n) is 5.33. The average Bonchev–Trinajstić information content (AvgIpc) is 2.47. The fraction of sp³-hybridized carbons (Fsp3) is 0.294. The largest absolute Gasteiger partial charge is 0.493 e. The lowest BCUT2D eigenvalue weighted by atomic mass is 10.2. The van der Waals surface area contributed by atoms with Crippen molar-refractivity contribution >= 4 is 17.3 Å². The van der Waals surface area contributed by atoms with Crippen molar-refractivity contribution in [3.8, 4) is 5.75 Å². The summed E-state index contributed by atoms with van der Waals surface area (Å²) in [5, 5.41) is 3.42. The lowest BCUT2D eigenvalue weighted by Gasteiger charge is -2.11. The van der Waals surface area contributed by atoms with Gasteiger partial charge in [-0.2, -0.15) is 0 Å². The van der Waals surface area contributed by atoms with E-state index in [9.17, 15) is 4.39 Å². The van der Waals surface area contributed by atoms with Crippen LogP contribution in [0.3, 0.4) is 0 Å². The molecule has 0 aromatic heterocycles. The highest BCUT2D eigenvalue weighted by molar-refractivity contribution is 6.30. The maximum atomic E-state index is 13.1. The Hall–Kier alpha value is -1.74. The molecular formula is C17H19ClFNO. The summed E-state index contributed by atoms with van der Waals surface area (Å²) in [5.41, 5.74) is 1.88. The molecule has 0 amide bonds. The molecule has 2 rings (SSSR count). The van der Waals surface area contributed by atoms with Gasteiger partial charge in [0.2, 0.25) is 0 Å². The highest BCUT2D eigenvalue weighted by atomic mass is 35.5. The Kier molecular flexibility index (Phi) is 5.45. The van der Waals surface area contributed by atoms with Gasteiger partial charge in [-0.1, -0.05) is 37.6 Å². The van der Waals surface area contributed by atoms with E-state index in [4.69, 9.17) is 16.3 Å². The summed E-state index contributed by atoms with van der Waals surface area (Å²) in [5.74, 6) is 0.929. The maximum absolute atomic E-state index is 13.1. The number of benzene rings is 2. The van der Waals surface area contributed by atoms with Crippen LogP contribution in [0.25, 0.3) is 0 Å². The van der Waals surface area contributed by atoms with Gasteiger partial charge in [0.15, 0.2) is 0 Å². The minimum Gasteiger partial charge on any atom is -0.493 e. The van der Waals surface area contributed by atoms with Crippen LogP contribution < -0.4 is 10.1 Å². The minimum atomic E-state index is -0.399. The topological polar surface area (TPSA) is 21.3 Å². The molecule has 2 nitrogen and oxygen atoms in total. The van der Waals surface area contributed by atoms with Crippen LogP contribution in [-0.4, -0.2) is 6.61 Å². The Morgan fingerprint density at radius 2 is 2.00 bits per heavy atom. The fourth-order valence-corrected chi connectivity index (χ4v) is 2.02. The molecule has 0 radical (unpaired) electrons. The molecule has 0 spiro atoms. The third kappa shape index (κ3) is 4.94. The van der Waals surface area contributed by atoms with Crippen molar-refractivity contribution in [2.45, 2.75) is 20.4 Å². The monoisotopic (exact) mass is 307 g/mol. The van der Waals surface area contributed by atoms with E-state index in [0.717, 1.165) is 17.0 Å². The first-order valence-electron chi connectivity index (χ1n) is 6.95. The molecule has 0 aliphatic rings. The van der Waals surface area contributed by atoms with Gasteiger partial charge in [-0.05, 0) is 35.7 Å². The molecule has 1 N–H and O–H groups in total. The quantitative estimate of drug-likeness (QED) is 0.799. The minimum absolute atomic E-state index is 0.142. The molecule has 0 saturated heterocycles. The third-order valence-electron chi connectivity index (χ3n) is 2.90. The SMILES string of the molecule is CC(C)COc1cccc(NCc2ccc(F)c(Cl)c2)c1. The van der Waals surface area contributed by atoms with Gasteiger partial charge < -0.3 is 10.1 Å². The van der Waals surface area contributed by atoms with E-state index in [1.165, 1.54) is 6.07 Å². The molecule has 2 aromatic carbocycles. The molecule has 0 saturated carbocycles. The van der Waals surface area contributed by atoms with E-state index in [-0.39, 0.29) is 5.02 Å². The van der Waals surface area contributed by atoms with Gasteiger partial charge in [0.1, 0.15) is 11.6 Å². The highest BCUT2D eigenvalue weighted by Gasteiger charge is 2.02. The first kappa shape index (κ1) is 15.6. The summed E-state index contributed by atoms with van der Waals surface area (Å²) >= 11 is 5.77. The Morgan fingerprint density at radius 3 is 2.71 bits per heavy atom. The van der Waals surface area contributed by atoms with Crippen molar-refractivity contribution in [3.05, 3.63) is 58.9 Å². The first-order chi connectivity index (χ1) is 10.0. The summed E-state index contributed by atoms with van der Waals surface area (Å²) in [4.78, 5) is 0. The standard InChI is InChI=1S/C17H19ClFNO/c1-12(2)11-21-15-5-3-4-14(9-15)20-10-13-6-7-17(19)16(18)8-13/h3-9,12,20H,10-11H2,1-2H3. The van der Waals surface area contributed by atoms with Gasteiger partial charge in [0, 0.05) is 18.3 Å². The van der Waals surface area contributed by atoms with Crippen molar-refractivity contribution in [2.24, 2.45) is 5.92 Å². The first-order valence-corrected chi connectivity index (χ1v) is 7.33. The van der Waals surface area contributed by atoms with Crippen molar-refractivity contribution in [3.63, 3.8) is 0 Å². The van der Waals surface area contributed by atoms with Crippen molar-refractivity contribution in [2.75, 3.05) is 11.9 Å². The number of anilines is 1. The number of halogens is 2. The van der Waals surface area contributed by atoms with Gasteiger partial charge in [0.05, 0.1) is 11.6 Å². The van der Waals surface area contributed by atoms with Crippen LogP contribution in [0.1, 0.15) is 19.4 Å². The lowest BCUT2D eigenvalue weighted by Crippen LogP contribution is -2.05. The van der Waals surface area contributed by atoms with E-state index in [1.54, 1.807) is 12.1 Å². The van der Waals surface area contributed by atoms with Crippen molar-refractivity contribution in [1.82, 2.24) is 0 Å². The smallest absolute Gasteiger partial charge is 0.141 e. The lowest BCUT2D eigenvalue weighted by molar-refractivity contribution is 0.271. The van der Waals surface area contributed by atoms with Gasteiger partial charge in [-0.15, -0.1) is 0 Å². The molecule has 0 atom stereocenters. The molecule has 0 bridgehead atoms. The second-order valence-corrected chi connectivity index (χ2v) is 5.74. The number of rotatable bonds is 6. The second kappa shape index (κ2) is 7.32. The molecule has 4 heteroatoms. The van der Waals surface area contributed by atoms with Crippen LogP contribution in [0.5, 0.6) is 5.75 Å². The van der Waals surface area contributed by atoms with E-state index < -0.39 is 5.82 Å². The number of hydrogen-bond acceptors (Lipinski definition) is 2. The van der Waals surface area contributed by atoms with Crippen LogP contribution >= 0.6 is 11.6 Å². The summed E-state index contributed by atoms with van der Waals surface area (Å²) in [6.45, 7) is 5.49. The summed E-state index contributed by atoms with van der Waals surface area (Å²) in [7, 11) is 0. The van der Waals surface area contributed by atoms with Crippen LogP contribution in [0.2, 0.25) is 5.02 Å². The number of hydrogen-bond donors (Lipinski definition) is 1. The predicted octanol–water partition coefficient (Wildman–Crippen LogP) is 5.13. The predicted molar refractivity (Wildman–Crippen MR) is 85.5 cm³/mol. The van der Waals surface area contributed by atoms with Crippen LogP contribution in [0.15, 0.2) is 42.5 Å². The average molecular weight is 308 g/mol. The zero-order valence-electron chi connectivity index (χ0n) is 12.2. The Labute approximate surface area is 129 Å². The van der Waals surface area contributed by atoms with Gasteiger partial charge in [-0.3, -0.25) is 0 Å². The van der Waals surface area contributed by atoms with Crippen molar-refractivity contribution in [1.29, 1.82) is 0 Å². The summed E-state index contributed by atoms with van der Waals surface area (Å²) < 4.78 is 18.8. The molecule has 0 heterocycles.